The molecule has 0 aliphatic heterocycles. The Kier molecular flexibility index (Phi) is 3.44. The highest BCUT2D eigenvalue weighted by Gasteiger charge is 2.05. The number of aromatic amines is 1. The first kappa shape index (κ1) is 12.9. The lowest BCUT2D eigenvalue weighted by Gasteiger charge is -2.05. The van der Waals surface area contributed by atoms with E-state index in [9.17, 15) is 0 Å². The predicted octanol–water partition coefficient (Wildman–Crippen LogP) is 5.98. The molecule has 5 heteroatoms. The van der Waals surface area contributed by atoms with Crippen molar-refractivity contribution >= 4 is 61.5 Å². The second-order valence-corrected chi connectivity index (χ2v) is 5.81. The maximum atomic E-state index is 6.13. The standard InChI is InChI=1S/C14H9BrCl2N2/c15-10-5-4-9(7-12(10)17)18-13-6-8-2-1-3-11(16)14(8)19-13/h1-7,18-19H. The van der Waals surface area contributed by atoms with Crippen molar-refractivity contribution in [1.29, 1.82) is 0 Å². The maximum absolute atomic E-state index is 6.13. The molecule has 1 aromatic heterocycles. The average Bonchev–Trinajstić information content (AvgIpc) is 2.78. The molecule has 0 aliphatic rings. The van der Waals surface area contributed by atoms with Crippen molar-refractivity contribution in [2.75, 3.05) is 5.32 Å². The molecule has 1 heterocycles. The molecule has 96 valence electrons. The summed E-state index contributed by atoms with van der Waals surface area (Å²) in [6.07, 6.45) is 0. The minimum atomic E-state index is 0.666. The van der Waals surface area contributed by atoms with Crippen LogP contribution in [0.3, 0.4) is 0 Å². The molecule has 2 N–H and O–H groups in total. The van der Waals surface area contributed by atoms with Crippen molar-refractivity contribution in [2.24, 2.45) is 0 Å². The van der Waals surface area contributed by atoms with Crippen molar-refractivity contribution < 1.29 is 0 Å². The molecule has 3 aromatic rings. The van der Waals surface area contributed by atoms with Gasteiger partial charge in [-0.25, -0.2) is 0 Å². The van der Waals surface area contributed by atoms with Crippen LogP contribution in [-0.2, 0) is 0 Å². The van der Waals surface area contributed by atoms with Crippen molar-refractivity contribution in [3.05, 3.63) is 57.0 Å². The van der Waals surface area contributed by atoms with Crippen LogP contribution in [0.4, 0.5) is 11.5 Å². The van der Waals surface area contributed by atoms with Gasteiger partial charge in [0.1, 0.15) is 5.82 Å². The minimum Gasteiger partial charge on any atom is -0.342 e. The third-order valence-corrected chi connectivity index (χ3v) is 4.35. The van der Waals surface area contributed by atoms with Gasteiger partial charge in [0, 0.05) is 15.5 Å². The third kappa shape index (κ3) is 2.59. The van der Waals surface area contributed by atoms with E-state index in [-0.39, 0.29) is 0 Å². The van der Waals surface area contributed by atoms with Crippen molar-refractivity contribution in [2.45, 2.75) is 0 Å². The Balaban J connectivity index is 1.96. The van der Waals surface area contributed by atoms with Gasteiger partial charge in [-0.05, 0) is 46.3 Å². The highest BCUT2D eigenvalue weighted by molar-refractivity contribution is 9.10. The minimum absolute atomic E-state index is 0.666. The molecule has 0 unspecified atom stereocenters. The van der Waals surface area contributed by atoms with E-state index in [4.69, 9.17) is 23.2 Å². The first-order valence-corrected chi connectivity index (χ1v) is 7.18. The van der Waals surface area contributed by atoms with Crippen LogP contribution in [0.5, 0.6) is 0 Å². The summed E-state index contributed by atoms with van der Waals surface area (Å²) in [7, 11) is 0. The number of fused-ring (bicyclic) bond motifs is 1. The van der Waals surface area contributed by atoms with E-state index < -0.39 is 0 Å². The lowest BCUT2D eigenvalue weighted by molar-refractivity contribution is 1.42. The molecule has 0 fully saturated rings. The van der Waals surface area contributed by atoms with E-state index in [1.54, 1.807) is 0 Å². The van der Waals surface area contributed by atoms with Gasteiger partial charge in [-0.1, -0.05) is 35.3 Å². The summed E-state index contributed by atoms with van der Waals surface area (Å²) in [5, 5.41) is 5.71. The number of anilines is 2. The summed E-state index contributed by atoms with van der Waals surface area (Å²) in [4.78, 5) is 3.25. The number of para-hydroxylation sites is 1. The van der Waals surface area contributed by atoms with Gasteiger partial charge in [0.25, 0.3) is 0 Å². The number of aromatic nitrogens is 1. The highest BCUT2D eigenvalue weighted by atomic mass is 79.9. The van der Waals surface area contributed by atoms with Crippen LogP contribution >= 0.6 is 39.1 Å². The zero-order chi connectivity index (χ0) is 13.4. The summed E-state index contributed by atoms with van der Waals surface area (Å²) in [5.74, 6) is 0.876. The van der Waals surface area contributed by atoms with Crippen LogP contribution in [0.2, 0.25) is 10.0 Å². The van der Waals surface area contributed by atoms with Crippen LogP contribution in [0.1, 0.15) is 0 Å². The van der Waals surface area contributed by atoms with Gasteiger partial charge in [-0.3, -0.25) is 0 Å². The Morgan fingerprint density at radius 3 is 2.58 bits per heavy atom. The zero-order valence-electron chi connectivity index (χ0n) is 9.68. The molecule has 0 atom stereocenters. The second-order valence-electron chi connectivity index (χ2n) is 4.14. The molecular formula is C14H9BrCl2N2. The van der Waals surface area contributed by atoms with E-state index in [0.29, 0.717) is 10.0 Å². The Morgan fingerprint density at radius 1 is 1.00 bits per heavy atom. The van der Waals surface area contributed by atoms with E-state index in [1.807, 2.05) is 42.5 Å². The Labute approximate surface area is 128 Å². The third-order valence-electron chi connectivity index (χ3n) is 2.80. The summed E-state index contributed by atoms with van der Waals surface area (Å²) in [6, 6.07) is 13.5. The van der Waals surface area contributed by atoms with Gasteiger partial charge in [0.05, 0.1) is 15.6 Å². The van der Waals surface area contributed by atoms with E-state index >= 15 is 0 Å². The van der Waals surface area contributed by atoms with Crippen molar-refractivity contribution in [3.8, 4) is 0 Å². The number of nitrogens with one attached hydrogen (secondary N) is 2. The Hall–Kier alpha value is -1.16. The highest BCUT2D eigenvalue weighted by Crippen LogP contribution is 2.30. The fraction of sp³-hybridized carbons (Fsp3) is 0. The van der Waals surface area contributed by atoms with Gasteiger partial charge in [0.2, 0.25) is 0 Å². The molecule has 0 bridgehead atoms. The summed E-state index contributed by atoms with van der Waals surface area (Å²) in [6.45, 7) is 0. The van der Waals surface area contributed by atoms with Gasteiger partial charge < -0.3 is 10.3 Å². The van der Waals surface area contributed by atoms with Gasteiger partial charge >= 0.3 is 0 Å². The van der Waals surface area contributed by atoms with Crippen LogP contribution < -0.4 is 5.32 Å². The van der Waals surface area contributed by atoms with E-state index in [0.717, 1.165) is 26.9 Å². The number of rotatable bonds is 2. The molecule has 3 rings (SSSR count). The largest absolute Gasteiger partial charge is 0.342 e. The summed E-state index contributed by atoms with van der Waals surface area (Å²) in [5.41, 5.74) is 1.84. The normalized spacial score (nSPS) is 10.9. The second kappa shape index (κ2) is 5.08. The average molecular weight is 356 g/mol. The molecule has 0 saturated carbocycles. The van der Waals surface area contributed by atoms with Crippen LogP contribution in [0.15, 0.2) is 46.9 Å². The fourth-order valence-electron chi connectivity index (χ4n) is 1.92. The van der Waals surface area contributed by atoms with Gasteiger partial charge in [-0.2, -0.15) is 0 Å². The molecule has 0 amide bonds. The molecule has 0 spiro atoms. The Morgan fingerprint density at radius 2 is 1.84 bits per heavy atom. The number of H-pyrrole nitrogens is 1. The van der Waals surface area contributed by atoms with Crippen LogP contribution in [-0.4, -0.2) is 4.98 Å². The SMILES string of the molecule is Clc1cc(Nc2cc3cccc(Cl)c3[nH]2)ccc1Br. The lowest BCUT2D eigenvalue weighted by atomic mass is 10.2. The number of halogens is 3. The van der Waals surface area contributed by atoms with Gasteiger partial charge in [-0.15, -0.1) is 0 Å². The van der Waals surface area contributed by atoms with E-state index in [2.05, 4.69) is 26.2 Å². The molecule has 2 aromatic carbocycles. The quantitative estimate of drug-likeness (QED) is 0.581. The summed E-state index contributed by atoms with van der Waals surface area (Å²) < 4.78 is 0.874. The monoisotopic (exact) mass is 354 g/mol. The topological polar surface area (TPSA) is 27.8 Å². The number of benzene rings is 2. The summed E-state index contributed by atoms with van der Waals surface area (Å²) >= 11 is 15.6. The number of hydrogen-bond acceptors (Lipinski definition) is 1. The first-order chi connectivity index (χ1) is 9.13. The van der Waals surface area contributed by atoms with Crippen LogP contribution in [0.25, 0.3) is 10.9 Å². The number of hydrogen-bond donors (Lipinski definition) is 2. The van der Waals surface area contributed by atoms with Gasteiger partial charge in [0.15, 0.2) is 0 Å². The van der Waals surface area contributed by atoms with Crippen molar-refractivity contribution in [1.82, 2.24) is 4.98 Å². The molecule has 0 radical (unpaired) electrons. The first-order valence-electron chi connectivity index (χ1n) is 5.63. The molecule has 2 nitrogen and oxygen atoms in total. The smallest absolute Gasteiger partial charge is 0.108 e. The fourth-order valence-corrected chi connectivity index (χ4v) is 2.57. The predicted molar refractivity (Wildman–Crippen MR) is 85.7 cm³/mol. The van der Waals surface area contributed by atoms with Crippen molar-refractivity contribution in [3.63, 3.8) is 0 Å². The molecular weight excluding hydrogens is 347 g/mol. The molecule has 0 saturated heterocycles. The Bertz CT molecular complexity index is 752. The lowest BCUT2D eigenvalue weighted by Crippen LogP contribution is -1.89. The van der Waals surface area contributed by atoms with Crippen LogP contribution in [0, 0.1) is 0 Å². The zero-order valence-corrected chi connectivity index (χ0v) is 12.8. The maximum Gasteiger partial charge on any atom is 0.108 e. The molecule has 0 aliphatic carbocycles. The molecule has 19 heavy (non-hydrogen) atoms. The van der Waals surface area contributed by atoms with E-state index in [1.165, 1.54) is 0 Å².